The second-order valence-corrected chi connectivity index (χ2v) is 5.24. The van der Waals surface area contributed by atoms with E-state index in [1.807, 2.05) is 6.07 Å². The number of hydrogen-bond acceptors (Lipinski definition) is 6. The molecule has 1 fully saturated rings. The van der Waals surface area contributed by atoms with Crippen LogP contribution in [-0.2, 0) is 14.3 Å². The molecule has 0 aromatic heterocycles. The number of carbonyl (C=O) groups is 2. The zero-order chi connectivity index (χ0) is 17.4. The number of amides is 1. The monoisotopic (exact) mass is 329 g/mol. The molecule has 24 heavy (non-hydrogen) atoms. The maximum absolute atomic E-state index is 12.0. The number of aliphatic carboxylic acids is 1. The summed E-state index contributed by atoms with van der Waals surface area (Å²) in [5, 5.41) is 22.2. The van der Waals surface area contributed by atoms with Gasteiger partial charge in [-0.25, -0.2) is 0 Å². The first-order chi connectivity index (χ1) is 11.6. The maximum atomic E-state index is 12.0. The van der Waals surface area contributed by atoms with Crippen molar-refractivity contribution in [1.29, 1.82) is 5.26 Å². The summed E-state index contributed by atoms with van der Waals surface area (Å²) in [6.07, 6.45) is 3.34. The largest absolute Gasteiger partial charge is 0.546 e. The molecule has 0 saturated carbocycles. The molecule has 2 rings (SSSR count). The maximum Gasteiger partial charge on any atom is 0.262 e. The molecular weight excluding hydrogens is 312 g/mol. The van der Waals surface area contributed by atoms with Gasteiger partial charge in [-0.2, -0.15) is 5.26 Å². The lowest BCUT2D eigenvalue weighted by Crippen LogP contribution is -2.32. The van der Waals surface area contributed by atoms with Gasteiger partial charge in [-0.15, -0.1) is 0 Å². The lowest BCUT2D eigenvalue weighted by atomic mass is 10.1. The van der Waals surface area contributed by atoms with Crippen LogP contribution in [0.2, 0.25) is 0 Å². The molecule has 1 aromatic rings. The topological polar surface area (TPSA) is 111 Å². The Morgan fingerprint density at radius 1 is 1.42 bits per heavy atom. The standard InChI is InChI=1S/C17H18N2O5/c18-9-13(17(22)19-10-15-2-1-7-23-15)8-12-3-5-14(6-4-12)24-11-16(20)21/h3-6,8,15H,1-2,7,10-11H2,(H,19,22)(H,20,21)/p-1/b13-8+/t15-/m1/s1. The van der Waals surface area contributed by atoms with Gasteiger partial charge < -0.3 is 24.7 Å². The number of rotatable bonds is 7. The molecule has 1 aliphatic heterocycles. The number of carboxylic acids is 1. The molecular formula is C17H17N2O5-. The normalized spacial score (nSPS) is 17.1. The Balaban J connectivity index is 1.94. The SMILES string of the molecule is N#C/C(=C\c1ccc(OCC(=O)[O-])cc1)C(=O)NC[C@H]1CCCO1. The number of benzene rings is 1. The highest BCUT2D eigenvalue weighted by molar-refractivity contribution is 6.01. The Morgan fingerprint density at radius 3 is 2.75 bits per heavy atom. The predicted molar refractivity (Wildman–Crippen MR) is 82.5 cm³/mol. The van der Waals surface area contributed by atoms with Crippen molar-refractivity contribution in [3.63, 3.8) is 0 Å². The predicted octanol–water partition coefficient (Wildman–Crippen LogP) is 0.0175. The Bertz CT molecular complexity index is 655. The van der Waals surface area contributed by atoms with Gasteiger partial charge in [0.25, 0.3) is 5.91 Å². The van der Waals surface area contributed by atoms with Gasteiger partial charge in [0, 0.05) is 13.2 Å². The van der Waals surface area contributed by atoms with Gasteiger partial charge >= 0.3 is 0 Å². The van der Waals surface area contributed by atoms with Crippen molar-refractivity contribution < 1.29 is 24.2 Å². The number of hydrogen-bond donors (Lipinski definition) is 1. The summed E-state index contributed by atoms with van der Waals surface area (Å²) in [6.45, 7) is 0.548. The molecule has 0 bridgehead atoms. The van der Waals surface area contributed by atoms with Crippen LogP contribution >= 0.6 is 0 Å². The molecule has 7 heteroatoms. The molecule has 0 aliphatic carbocycles. The Kier molecular flexibility index (Phi) is 6.34. The van der Waals surface area contributed by atoms with Crippen molar-refractivity contribution in [1.82, 2.24) is 5.32 Å². The average Bonchev–Trinajstić information content (AvgIpc) is 3.10. The van der Waals surface area contributed by atoms with Gasteiger partial charge in [0.2, 0.25) is 0 Å². The highest BCUT2D eigenvalue weighted by Crippen LogP contribution is 2.15. The summed E-state index contributed by atoms with van der Waals surface area (Å²) in [5.41, 5.74) is 0.607. The van der Waals surface area contributed by atoms with E-state index in [1.165, 1.54) is 6.08 Å². The summed E-state index contributed by atoms with van der Waals surface area (Å²) in [7, 11) is 0. The van der Waals surface area contributed by atoms with Gasteiger partial charge in [0.05, 0.1) is 12.1 Å². The number of nitriles is 1. The van der Waals surface area contributed by atoms with E-state index < -0.39 is 18.5 Å². The van der Waals surface area contributed by atoms with E-state index >= 15 is 0 Å². The minimum atomic E-state index is -1.31. The summed E-state index contributed by atoms with van der Waals surface area (Å²) < 4.78 is 10.4. The highest BCUT2D eigenvalue weighted by Gasteiger charge is 2.17. The van der Waals surface area contributed by atoms with Crippen molar-refractivity contribution in [2.45, 2.75) is 18.9 Å². The van der Waals surface area contributed by atoms with Crippen LogP contribution in [0.5, 0.6) is 5.75 Å². The van der Waals surface area contributed by atoms with Crippen LogP contribution in [-0.4, -0.2) is 37.7 Å². The van der Waals surface area contributed by atoms with E-state index in [2.05, 4.69) is 5.32 Å². The van der Waals surface area contributed by atoms with Gasteiger partial charge in [-0.05, 0) is 36.6 Å². The van der Waals surface area contributed by atoms with Crippen LogP contribution in [0.3, 0.4) is 0 Å². The number of nitrogens with one attached hydrogen (secondary N) is 1. The summed E-state index contributed by atoms with van der Waals surface area (Å²) in [5.74, 6) is -1.41. The van der Waals surface area contributed by atoms with Crippen molar-refractivity contribution >= 4 is 18.0 Å². The number of ether oxygens (including phenoxy) is 2. The quantitative estimate of drug-likeness (QED) is 0.557. The van der Waals surface area contributed by atoms with Gasteiger partial charge in [0.1, 0.15) is 24.0 Å². The zero-order valence-corrected chi connectivity index (χ0v) is 13.0. The fourth-order valence-electron chi connectivity index (χ4n) is 2.22. The van der Waals surface area contributed by atoms with Crippen molar-refractivity contribution in [2.75, 3.05) is 19.8 Å². The van der Waals surface area contributed by atoms with E-state index in [4.69, 9.17) is 14.7 Å². The first-order valence-corrected chi connectivity index (χ1v) is 7.53. The second-order valence-electron chi connectivity index (χ2n) is 5.24. The molecule has 1 N–H and O–H groups in total. The third-order valence-corrected chi connectivity index (χ3v) is 3.43. The third kappa shape index (κ3) is 5.41. The van der Waals surface area contributed by atoms with Gasteiger partial charge in [0.15, 0.2) is 0 Å². The van der Waals surface area contributed by atoms with E-state index in [1.54, 1.807) is 24.3 Å². The molecule has 126 valence electrons. The molecule has 1 amide bonds. The van der Waals surface area contributed by atoms with Crippen molar-refractivity contribution in [2.24, 2.45) is 0 Å². The van der Waals surface area contributed by atoms with E-state index in [0.29, 0.717) is 24.5 Å². The third-order valence-electron chi connectivity index (χ3n) is 3.43. The first-order valence-electron chi connectivity index (χ1n) is 7.53. The molecule has 0 spiro atoms. The average molecular weight is 329 g/mol. The second kappa shape index (κ2) is 8.70. The van der Waals surface area contributed by atoms with Crippen molar-refractivity contribution in [3.8, 4) is 11.8 Å². The highest BCUT2D eigenvalue weighted by atomic mass is 16.5. The minimum Gasteiger partial charge on any atom is -0.546 e. The summed E-state index contributed by atoms with van der Waals surface area (Å²) >= 11 is 0. The van der Waals surface area contributed by atoms with E-state index in [-0.39, 0.29) is 11.7 Å². The van der Waals surface area contributed by atoms with Crippen LogP contribution in [0.25, 0.3) is 6.08 Å². The van der Waals surface area contributed by atoms with Crippen LogP contribution in [0, 0.1) is 11.3 Å². The van der Waals surface area contributed by atoms with Crippen molar-refractivity contribution in [3.05, 3.63) is 35.4 Å². The first kappa shape index (κ1) is 17.5. The smallest absolute Gasteiger partial charge is 0.262 e. The van der Waals surface area contributed by atoms with Crippen LogP contribution in [0.4, 0.5) is 0 Å². The molecule has 1 aliphatic rings. The number of carboxylic acid groups (broad SMARTS) is 1. The zero-order valence-electron chi connectivity index (χ0n) is 13.0. The van der Waals surface area contributed by atoms with E-state index in [9.17, 15) is 14.7 Å². The lowest BCUT2D eigenvalue weighted by Gasteiger charge is -2.10. The summed E-state index contributed by atoms with van der Waals surface area (Å²) in [6, 6.07) is 8.21. The molecule has 1 saturated heterocycles. The number of carbonyl (C=O) groups excluding carboxylic acids is 2. The fraction of sp³-hybridized carbons (Fsp3) is 0.353. The van der Waals surface area contributed by atoms with Gasteiger partial charge in [-0.3, -0.25) is 4.79 Å². The minimum absolute atomic E-state index is 0.00838. The summed E-state index contributed by atoms with van der Waals surface area (Å²) in [4.78, 5) is 22.3. The number of nitrogens with zero attached hydrogens (tertiary/aromatic N) is 1. The molecule has 1 atom stereocenters. The van der Waals surface area contributed by atoms with Gasteiger partial charge in [-0.1, -0.05) is 12.1 Å². The Hall–Kier alpha value is -2.85. The molecule has 1 aromatic carbocycles. The van der Waals surface area contributed by atoms with Crippen LogP contribution in [0.1, 0.15) is 18.4 Å². The van der Waals surface area contributed by atoms with Crippen LogP contribution < -0.4 is 15.2 Å². The van der Waals surface area contributed by atoms with E-state index in [0.717, 1.165) is 12.8 Å². The molecule has 0 radical (unpaired) electrons. The van der Waals surface area contributed by atoms with Crippen LogP contribution in [0.15, 0.2) is 29.8 Å². The molecule has 7 nitrogen and oxygen atoms in total. The Morgan fingerprint density at radius 2 is 2.17 bits per heavy atom. The fourth-order valence-corrected chi connectivity index (χ4v) is 2.22. The lowest BCUT2D eigenvalue weighted by molar-refractivity contribution is -0.307. The molecule has 0 unspecified atom stereocenters. The Labute approximate surface area is 139 Å². The molecule has 1 heterocycles.